The number of hydrogen-bond donors (Lipinski definition) is 1. The molecule has 0 saturated carbocycles. The minimum Gasteiger partial charge on any atom is -0.380 e. The van der Waals surface area contributed by atoms with Crippen LogP contribution in [-0.4, -0.2) is 40.7 Å². The highest BCUT2D eigenvalue weighted by Gasteiger charge is 2.27. The summed E-state index contributed by atoms with van der Waals surface area (Å²) in [5, 5.41) is 7.29. The number of rotatable bonds is 3. The summed E-state index contributed by atoms with van der Waals surface area (Å²) in [5.74, 6) is 1.20. The summed E-state index contributed by atoms with van der Waals surface area (Å²) in [6.45, 7) is 0. The number of sulfone groups is 1. The van der Waals surface area contributed by atoms with Crippen LogP contribution in [0, 0.1) is 0 Å². The van der Waals surface area contributed by atoms with E-state index in [0.717, 1.165) is 11.5 Å². The smallest absolute Gasteiger partial charge is 0.153 e. The van der Waals surface area contributed by atoms with Crippen LogP contribution in [0.25, 0.3) is 5.82 Å². The molecule has 1 fully saturated rings. The Labute approximate surface area is 111 Å². The van der Waals surface area contributed by atoms with Gasteiger partial charge in [-0.3, -0.25) is 0 Å². The van der Waals surface area contributed by atoms with E-state index >= 15 is 0 Å². The van der Waals surface area contributed by atoms with Gasteiger partial charge >= 0.3 is 0 Å². The first-order valence-corrected chi connectivity index (χ1v) is 7.88. The van der Waals surface area contributed by atoms with Gasteiger partial charge in [0.2, 0.25) is 0 Å². The second-order valence-corrected chi connectivity index (χ2v) is 6.83. The van der Waals surface area contributed by atoms with Crippen LogP contribution in [0.15, 0.2) is 36.8 Å². The van der Waals surface area contributed by atoms with Gasteiger partial charge < -0.3 is 5.32 Å². The first-order valence-electron chi connectivity index (χ1n) is 6.05. The fraction of sp³-hybridized carbons (Fsp3) is 0.333. The van der Waals surface area contributed by atoms with E-state index in [9.17, 15) is 8.42 Å². The second kappa shape index (κ2) is 4.65. The van der Waals surface area contributed by atoms with Gasteiger partial charge in [-0.05, 0) is 24.6 Å². The molecule has 6 nitrogen and oxygen atoms in total. The maximum atomic E-state index is 11.4. The molecular weight excluding hydrogens is 264 g/mol. The molecule has 3 rings (SSSR count). The molecule has 0 radical (unpaired) electrons. The highest BCUT2D eigenvalue weighted by Crippen LogP contribution is 2.17. The molecule has 0 bridgehead atoms. The molecule has 0 amide bonds. The molecule has 0 spiro atoms. The lowest BCUT2D eigenvalue weighted by Crippen LogP contribution is -2.20. The minimum absolute atomic E-state index is 0.0117. The van der Waals surface area contributed by atoms with Crippen molar-refractivity contribution in [3.8, 4) is 5.82 Å². The van der Waals surface area contributed by atoms with Gasteiger partial charge in [-0.2, -0.15) is 5.10 Å². The monoisotopic (exact) mass is 278 g/mol. The van der Waals surface area contributed by atoms with E-state index in [1.165, 1.54) is 0 Å². The molecule has 1 atom stereocenters. The molecule has 2 aromatic rings. The lowest BCUT2D eigenvalue weighted by atomic mass is 10.2. The molecule has 3 heterocycles. The van der Waals surface area contributed by atoms with Crippen LogP contribution in [0.5, 0.6) is 0 Å². The normalized spacial score (nSPS) is 21.4. The summed E-state index contributed by atoms with van der Waals surface area (Å²) in [5.41, 5.74) is 0.831. The lowest BCUT2D eigenvalue weighted by molar-refractivity contribution is 0.602. The largest absolute Gasteiger partial charge is 0.380 e. The highest BCUT2D eigenvalue weighted by molar-refractivity contribution is 7.91. The van der Waals surface area contributed by atoms with Gasteiger partial charge in [0.05, 0.1) is 23.4 Å². The molecular formula is C12H14N4O2S. The quantitative estimate of drug-likeness (QED) is 0.901. The Morgan fingerprint density at radius 1 is 1.37 bits per heavy atom. The Morgan fingerprint density at radius 3 is 2.84 bits per heavy atom. The van der Waals surface area contributed by atoms with E-state index in [1.807, 2.05) is 24.4 Å². The summed E-state index contributed by atoms with van der Waals surface area (Å²) in [7, 11) is -2.86. The Bertz CT molecular complexity index is 650. The zero-order chi connectivity index (χ0) is 13.3. The number of nitrogens with one attached hydrogen (secondary N) is 1. The third-order valence-corrected chi connectivity index (χ3v) is 4.86. The van der Waals surface area contributed by atoms with Crippen LogP contribution in [-0.2, 0) is 9.84 Å². The molecule has 7 heteroatoms. The predicted molar refractivity (Wildman–Crippen MR) is 72.0 cm³/mol. The van der Waals surface area contributed by atoms with Gasteiger partial charge in [0, 0.05) is 18.4 Å². The Hall–Kier alpha value is -1.89. The summed E-state index contributed by atoms with van der Waals surface area (Å²) >= 11 is 0. The summed E-state index contributed by atoms with van der Waals surface area (Å²) < 4.78 is 24.4. The standard InChI is InChI=1S/C12H14N4O2S/c17-19(18)7-4-11(9-19)15-10-2-3-12(13-8-10)16-6-1-5-14-16/h1-3,5-6,8,11,15H,4,7,9H2. The average molecular weight is 278 g/mol. The van der Waals surface area contributed by atoms with E-state index in [-0.39, 0.29) is 17.5 Å². The predicted octanol–water partition coefficient (Wildman–Crippen LogP) is 0.866. The molecule has 100 valence electrons. The van der Waals surface area contributed by atoms with Crippen molar-refractivity contribution in [3.05, 3.63) is 36.8 Å². The van der Waals surface area contributed by atoms with E-state index in [1.54, 1.807) is 17.1 Å². The molecule has 1 unspecified atom stereocenters. The van der Waals surface area contributed by atoms with E-state index < -0.39 is 9.84 Å². The molecule has 1 aliphatic heterocycles. The van der Waals surface area contributed by atoms with E-state index in [2.05, 4.69) is 15.4 Å². The van der Waals surface area contributed by atoms with Gasteiger partial charge in [0.25, 0.3) is 0 Å². The molecule has 0 aliphatic carbocycles. The highest BCUT2D eigenvalue weighted by atomic mass is 32.2. The van der Waals surface area contributed by atoms with Gasteiger partial charge in [-0.25, -0.2) is 18.1 Å². The van der Waals surface area contributed by atoms with Gasteiger partial charge in [0.15, 0.2) is 15.7 Å². The fourth-order valence-electron chi connectivity index (χ4n) is 2.16. The molecule has 19 heavy (non-hydrogen) atoms. The van der Waals surface area contributed by atoms with Gasteiger partial charge in [-0.1, -0.05) is 0 Å². The fourth-order valence-corrected chi connectivity index (χ4v) is 3.83. The second-order valence-electron chi connectivity index (χ2n) is 4.60. The van der Waals surface area contributed by atoms with Crippen LogP contribution in [0.3, 0.4) is 0 Å². The topological polar surface area (TPSA) is 76.9 Å². The Morgan fingerprint density at radius 2 is 2.26 bits per heavy atom. The number of anilines is 1. The number of pyridine rings is 1. The maximum Gasteiger partial charge on any atom is 0.153 e. The van der Waals surface area contributed by atoms with Gasteiger partial charge in [-0.15, -0.1) is 0 Å². The van der Waals surface area contributed by atoms with Crippen LogP contribution >= 0.6 is 0 Å². The SMILES string of the molecule is O=S1(=O)CCC(Nc2ccc(-n3cccn3)nc2)C1. The van der Waals surface area contributed by atoms with Crippen LogP contribution in [0.1, 0.15) is 6.42 Å². The number of nitrogens with zero attached hydrogens (tertiary/aromatic N) is 3. The van der Waals surface area contributed by atoms with Gasteiger partial charge in [0.1, 0.15) is 0 Å². The van der Waals surface area contributed by atoms with Crippen molar-refractivity contribution in [2.45, 2.75) is 12.5 Å². The maximum absolute atomic E-state index is 11.4. The zero-order valence-electron chi connectivity index (χ0n) is 10.2. The Balaban J connectivity index is 1.70. The van der Waals surface area contributed by atoms with E-state index in [4.69, 9.17) is 0 Å². The molecule has 1 aliphatic rings. The average Bonchev–Trinajstić information content (AvgIpc) is 3.00. The van der Waals surface area contributed by atoms with Crippen LogP contribution in [0.4, 0.5) is 5.69 Å². The van der Waals surface area contributed by atoms with Crippen molar-refractivity contribution in [1.29, 1.82) is 0 Å². The van der Waals surface area contributed by atoms with Crippen LogP contribution < -0.4 is 5.32 Å². The minimum atomic E-state index is -2.86. The molecule has 1 N–H and O–H groups in total. The van der Waals surface area contributed by atoms with Crippen molar-refractivity contribution in [1.82, 2.24) is 14.8 Å². The summed E-state index contributed by atoms with van der Waals surface area (Å²) in [4.78, 5) is 4.29. The first kappa shape index (κ1) is 12.2. The summed E-state index contributed by atoms with van der Waals surface area (Å²) in [6, 6.07) is 5.55. The number of hydrogen-bond acceptors (Lipinski definition) is 5. The van der Waals surface area contributed by atoms with Crippen molar-refractivity contribution in [2.24, 2.45) is 0 Å². The van der Waals surface area contributed by atoms with E-state index in [0.29, 0.717) is 6.42 Å². The Kier molecular flexibility index (Phi) is 2.98. The third-order valence-electron chi connectivity index (χ3n) is 3.09. The van der Waals surface area contributed by atoms with Crippen molar-refractivity contribution < 1.29 is 8.42 Å². The molecule has 2 aromatic heterocycles. The lowest BCUT2D eigenvalue weighted by Gasteiger charge is -2.12. The first-order chi connectivity index (χ1) is 9.12. The van der Waals surface area contributed by atoms with Crippen LogP contribution in [0.2, 0.25) is 0 Å². The van der Waals surface area contributed by atoms with Crippen molar-refractivity contribution >= 4 is 15.5 Å². The zero-order valence-corrected chi connectivity index (χ0v) is 11.0. The third kappa shape index (κ3) is 2.76. The molecule has 1 saturated heterocycles. The van der Waals surface area contributed by atoms with Crippen molar-refractivity contribution in [3.63, 3.8) is 0 Å². The molecule has 0 aromatic carbocycles. The summed E-state index contributed by atoms with van der Waals surface area (Å²) in [6.07, 6.45) is 5.86. The van der Waals surface area contributed by atoms with Crippen molar-refractivity contribution in [2.75, 3.05) is 16.8 Å². The number of aromatic nitrogens is 3.